The molecule has 0 radical (unpaired) electrons. The van der Waals surface area contributed by atoms with Crippen LogP contribution in [0.5, 0.6) is 5.75 Å². The predicted molar refractivity (Wildman–Crippen MR) is 48.9 cm³/mol. The summed E-state index contributed by atoms with van der Waals surface area (Å²) in [6.07, 6.45) is 0. The second kappa shape index (κ2) is 4.11. The van der Waals surface area contributed by atoms with Crippen molar-refractivity contribution in [2.24, 2.45) is 0 Å². The van der Waals surface area contributed by atoms with E-state index in [0.29, 0.717) is 17.2 Å². The second-order valence-corrected chi connectivity index (χ2v) is 3.09. The largest absolute Gasteiger partial charge is 0.495 e. The summed E-state index contributed by atoms with van der Waals surface area (Å²) in [4.78, 5) is 11.9. The highest BCUT2D eigenvalue weighted by Crippen LogP contribution is 2.23. The van der Waals surface area contributed by atoms with E-state index in [1.807, 2.05) is 12.3 Å². The molecule has 1 heterocycles. The Kier molecular flexibility index (Phi) is 3.10. The summed E-state index contributed by atoms with van der Waals surface area (Å²) < 4.78 is 5.00. The van der Waals surface area contributed by atoms with Crippen molar-refractivity contribution in [1.82, 2.24) is 5.32 Å². The molecule has 1 aromatic rings. The topological polar surface area (TPSA) is 38.3 Å². The van der Waals surface area contributed by atoms with Gasteiger partial charge in [0.25, 0.3) is 5.91 Å². The standard InChI is InChI=1S/C8H11NO2S/c1-3-9-8(10)7-6(11-2)4-5-12-7/h4-5H,3H2,1-2H3,(H,9,10). The first-order valence-electron chi connectivity index (χ1n) is 3.69. The quantitative estimate of drug-likeness (QED) is 0.775. The van der Waals surface area contributed by atoms with Crippen molar-refractivity contribution in [1.29, 1.82) is 0 Å². The maximum Gasteiger partial charge on any atom is 0.265 e. The minimum atomic E-state index is -0.0654. The number of carbonyl (C=O) groups is 1. The minimum absolute atomic E-state index is 0.0654. The van der Waals surface area contributed by atoms with Gasteiger partial charge in [-0.05, 0) is 18.4 Å². The first-order chi connectivity index (χ1) is 5.79. The lowest BCUT2D eigenvalue weighted by atomic mass is 10.4. The lowest BCUT2D eigenvalue weighted by Crippen LogP contribution is -2.21. The van der Waals surface area contributed by atoms with Gasteiger partial charge in [0.1, 0.15) is 10.6 Å². The van der Waals surface area contributed by atoms with Crippen molar-refractivity contribution < 1.29 is 9.53 Å². The highest BCUT2D eigenvalue weighted by Gasteiger charge is 2.11. The molecule has 0 spiro atoms. The van der Waals surface area contributed by atoms with E-state index in [1.54, 1.807) is 13.2 Å². The summed E-state index contributed by atoms with van der Waals surface area (Å²) in [5.74, 6) is 0.579. The van der Waals surface area contributed by atoms with E-state index in [-0.39, 0.29) is 5.91 Å². The van der Waals surface area contributed by atoms with Gasteiger partial charge < -0.3 is 10.1 Å². The molecule has 0 unspecified atom stereocenters. The molecule has 0 fully saturated rings. The highest BCUT2D eigenvalue weighted by molar-refractivity contribution is 7.12. The van der Waals surface area contributed by atoms with Gasteiger partial charge in [-0.25, -0.2) is 0 Å². The van der Waals surface area contributed by atoms with E-state index in [4.69, 9.17) is 4.74 Å². The third-order valence-corrected chi connectivity index (χ3v) is 2.29. The van der Waals surface area contributed by atoms with Crippen LogP contribution in [-0.2, 0) is 0 Å². The fourth-order valence-electron chi connectivity index (χ4n) is 0.865. The molecule has 1 N–H and O–H groups in total. The van der Waals surface area contributed by atoms with Crippen molar-refractivity contribution in [2.75, 3.05) is 13.7 Å². The number of thiophene rings is 1. The fourth-order valence-corrected chi connectivity index (χ4v) is 1.64. The monoisotopic (exact) mass is 185 g/mol. The van der Waals surface area contributed by atoms with E-state index in [9.17, 15) is 4.79 Å². The van der Waals surface area contributed by atoms with Crippen LogP contribution in [0.25, 0.3) is 0 Å². The Bertz CT molecular complexity index is 270. The Morgan fingerprint density at radius 2 is 2.50 bits per heavy atom. The van der Waals surface area contributed by atoms with Crippen LogP contribution in [-0.4, -0.2) is 19.6 Å². The first kappa shape index (κ1) is 9.06. The summed E-state index contributed by atoms with van der Waals surface area (Å²) in [5.41, 5.74) is 0. The number of methoxy groups -OCH3 is 1. The van der Waals surface area contributed by atoms with Crippen LogP contribution in [0.2, 0.25) is 0 Å². The SMILES string of the molecule is CCNC(=O)c1sccc1OC. The van der Waals surface area contributed by atoms with E-state index < -0.39 is 0 Å². The van der Waals surface area contributed by atoms with Crippen LogP contribution < -0.4 is 10.1 Å². The van der Waals surface area contributed by atoms with Crippen LogP contribution >= 0.6 is 11.3 Å². The van der Waals surface area contributed by atoms with Gasteiger partial charge in [-0.1, -0.05) is 0 Å². The van der Waals surface area contributed by atoms with Crippen LogP contribution in [0.15, 0.2) is 11.4 Å². The highest BCUT2D eigenvalue weighted by atomic mass is 32.1. The molecular formula is C8H11NO2S. The zero-order valence-corrected chi connectivity index (χ0v) is 7.90. The molecule has 0 bridgehead atoms. The van der Waals surface area contributed by atoms with Crippen molar-refractivity contribution in [3.05, 3.63) is 16.3 Å². The van der Waals surface area contributed by atoms with Gasteiger partial charge in [0.15, 0.2) is 0 Å². The molecule has 1 aromatic heterocycles. The fraction of sp³-hybridized carbons (Fsp3) is 0.375. The van der Waals surface area contributed by atoms with E-state index in [2.05, 4.69) is 5.32 Å². The summed E-state index contributed by atoms with van der Waals surface area (Å²) in [6.45, 7) is 2.53. The van der Waals surface area contributed by atoms with Gasteiger partial charge in [-0.3, -0.25) is 4.79 Å². The molecule has 0 aliphatic carbocycles. The van der Waals surface area contributed by atoms with Gasteiger partial charge >= 0.3 is 0 Å². The Hall–Kier alpha value is -1.03. The maximum absolute atomic E-state index is 11.3. The predicted octanol–water partition coefficient (Wildman–Crippen LogP) is 1.51. The van der Waals surface area contributed by atoms with Crippen LogP contribution in [0.1, 0.15) is 16.6 Å². The Balaban J connectivity index is 2.79. The second-order valence-electron chi connectivity index (χ2n) is 2.18. The summed E-state index contributed by atoms with van der Waals surface area (Å²) in [7, 11) is 1.56. The molecule has 12 heavy (non-hydrogen) atoms. The van der Waals surface area contributed by atoms with Gasteiger partial charge in [0, 0.05) is 6.54 Å². The molecular weight excluding hydrogens is 174 g/mol. The Morgan fingerprint density at radius 1 is 1.75 bits per heavy atom. The zero-order chi connectivity index (χ0) is 8.97. The van der Waals surface area contributed by atoms with Crippen molar-refractivity contribution in [3.63, 3.8) is 0 Å². The van der Waals surface area contributed by atoms with Crippen LogP contribution in [0.4, 0.5) is 0 Å². The number of hydrogen-bond acceptors (Lipinski definition) is 3. The average molecular weight is 185 g/mol. The number of carbonyl (C=O) groups excluding carboxylic acids is 1. The number of ether oxygens (including phenoxy) is 1. The van der Waals surface area contributed by atoms with Crippen molar-refractivity contribution in [2.45, 2.75) is 6.92 Å². The van der Waals surface area contributed by atoms with Gasteiger partial charge in [0.2, 0.25) is 0 Å². The third-order valence-electron chi connectivity index (χ3n) is 1.39. The number of hydrogen-bond donors (Lipinski definition) is 1. The van der Waals surface area contributed by atoms with E-state index in [1.165, 1.54) is 11.3 Å². The molecule has 4 heteroatoms. The van der Waals surface area contributed by atoms with Crippen molar-refractivity contribution in [3.8, 4) is 5.75 Å². The van der Waals surface area contributed by atoms with Gasteiger partial charge in [-0.2, -0.15) is 0 Å². The third kappa shape index (κ3) is 1.76. The Labute approximate surface area is 75.4 Å². The van der Waals surface area contributed by atoms with Crippen molar-refractivity contribution >= 4 is 17.2 Å². The lowest BCUT2D eigenvalue weighted by molar-refractivity contribution is 0.0957. The van der Waals surface area contributed by atoms with Gasteiger partial charge in [-0.15, -0.1) is 11.3 Å². The molecule has 0 aliphatic rings. The molecule has 0 atom stereocenters. The van der Waals surface area contributed by atoms with Crippen LogP contribution in [0, 0.1) is 0 Å². The van der Waals surface area contributed by atoms with Crippen LogP contribution in [0.3, 0.4) is 0 Å². The summed E-state index contributed by atoms with van der Waals surface area (Å²) in [5, 5.41) is 4.55. The molecule has 0 aromatic carbocycles. The summed E-state index contributed by atoms with van der Waals surface area (Å²) >= 11 is 1.39. The maximum atomic E-state index is 11.3. The zero-order valence-electron chi connectivity index (χ0n) is 7.09. The van der Waals surface area contributed by atoms with Gasteiger partial charge in [0.05, 0.1) is 7.11 Å². The Morgan fingerprint density at radius 3 is 3.08 bits per heavy atom. The number of nitrogens with one attached hydrogen (secondary N) is 1. The minimum Gasteiger partial charge on any atom is -0.495 e. The lowest BCUT2D eigenvalue weighted by Gasteiger charge is -2.01. The normalized spacial score (nSPS) is 9.50. The molecule has 66 valence electrons. The van der Waals surface area contributed by atoms with E-state index >= 15 is 0 Å². The molecule has 0 saturated carbocycles. The smallest absolute Gasteiger partial charge is 0.265 e. The average Bonchev–Trinajstić information content (AvgIpc) is 2.51. The molecule has 3 nitrogen and oxygen atoms in total. The first-order valence-corrected chi connectivity index (χ1v) is 4.57. The molecule has 1 rings (SSSR count). The molecule has 1 amide bonds. The number of rotatable bonds is 3. The molecule has 0 aliphatic heterocycles. The summed E-state index contributed by atoms with van der Waals surface area (Å²) in [6, 6.07) is 1.79. The van der Waals surface area contributed by atoms with E-state index in [0.717, 1.165) is 0 Å². The number of amides is 1. The molecule has 0 saturated heterocycles.